The van der Waals surface area contributed by atoms with Gasteiger partial charge in [-0.2, -0.15) is 0 Å². The zero-order valence-corrected chi connectivity index (χ0v) is 36.7. The van der Waals surface area contributed by atoms with Crippen LogP contribution in [0.3, 0.4) is 0 Å². The van der Waals surface area contributed by atoms with Crippen LogP contribution in [0.5, 0.6) is 5.75 Å². The van der Waals surface area contributed by atoms with Crippen molar-refractivity contribution in [3.8, 4) is 5.75 Å². The molecule has 0 unspecified atom stereocenters. The van der Waals surface area contributed by atoms with Gasteiger partial charge in [0.1, 0.15) is 36.0 Å². The Morgan fingerprint density at radius 3 is 1.92 bits per heavy atom. The summed E-state index contributed by atoms with van der Waals surface area (Å²) in [4.78, 5) is 107. The smallest absolute Gasteiger partial charge is 0.326 e. The standard InChI is InChI=1S/C44H65N9O11/c1-25(2)35(44(63)64)52-41(60)34-16-8-11-23-48-38(57)30-13-5-4-12-29(30)37(56)47-22-10-7-15-33(42(61)53-36(26(3)54)43(62)51-34)50-40(59)32(14-6-9-21-45)49-39(58)31(46)24-27-17-19-28(55)20-18-27/h4-5,12-13,17-20,25-26,31-36,54-55H,6-11,14-16,21-24,45-46H2,1-3H3,(H,47,56)(H,48,57)(H,49,58)(H,50,59)(H,51,62)(H,52,60)(H,53,61)(H,63,64)/t26-,31+,32+,33+,34+,35+,36+/m1/s1. The van der Waals surface area contributed by atoms with Gasteiger partial charge in [-0.25, -0.2) is 4.79 Å². The molecule has 0 saturated heterocycles. The number of amides is 7. The first-order valence-corrected chi connectivity index (χ1v) is 21.7. The number of carboxylic acid groups (broad SMARTS) is 1. The second kappa shape index (κ2) is 26.5. The predicted molar refractivity (Wildman–Crippen MR) is 235 cm³/mol. The number of fused-ring (bicyclic) bond motifs is 1. The lowest BCUT2D eigenvalue weighted by atomic mass is 10.0. The van der Waals surface area contributed by atoms with E-state index in [0.29, 0.717) is 37.8 Å². The minimum absolute atomic E-state index is 0.0358. The van der Waals surface area contributed by atoms with E-state index in [-0.39, 0.29) is 68.5 Å². The Balaban J connectivity index is 1.93. The van der Waals surface area contributed by atoms with Crippen molar-refractivity contribution in [2.45, 2.75) is 127 Å². The first-order chi connectivity index (χ1) is 30.4. The highest BCUT2D eigenvalue weighted by atomic mass is 16.4. The number of rotatable bonds is 15. The maximum atomic E-state index is 14.1. The number of hydrogen-bond donors (Lipinski definition) is 12. The van der Waals surface area contributed by atoms with E-state index in [1.165, 1.54) is 31.2 Å². The normalized spacial score (nSPS) is 20.3. The van der Waals surface area contributed by atoms with Gasteiger partial charge in [0.15, 0.2) is 0 Å². The molecule has 1 heterocycles. The summed E-state index contributed by atoms with van der Waals surface area (Å²) < 4.78 is 0. The zero-order chi connectivity index (χ0) is 47.3. The molecule has 1 aliphatic rings. The molecule has 0 spiro atoms. The number of phenols is 1. The molecule has 20 heteroatoms. The molecule has 0 aromatic heterocycles. The lowest BCUT2D eigenvalue weighted by Gasteiger charge is -2.28. The van der Waals surface area contributed by atoms with Crippen molar-refractivity contribution >= 4 is 47.3 Å². The van der Waals surface area contributed by atoms with Crippen LogP contribution in [0.4, 0.5) is 0 Å². The summed E-state index contributed by atoms with van der Waals surface area (Å²) >= 11 is 0. The Labute approximate surface area is 372 Å². The van der Waals surface area contributed by atoms with Crippen LogP contribution in [0.2, 0.25) is 0 Å². The molecule has 2 aromatic carbocycles. The number of hydrogen-bond acceptors (Lipinski definition) is 12. The van der Waals surface area contributed by atoms with Crippen molar-refractivity contribution in [3.05, 3.63) is 65.2 Å². The molecule has 2 aromatic rings. The molecular weight excluding hydrogens is 831 g/mol. The van der Waals surface area contributed by atoms with E-state index in [2.05, 4.69) is 37.2 Å². The van der Waals surface area contributed by atoms with Crippen molar-refractivity contribution in [3.63, 3.8) is 0 Å². The van der Waals surface area contributed by atoms with Crippen molar-refractivity contribution in [1.82, 2.24) is 37.2 Å². The van der Waals surface area contributed by atoms with Crippen LogP contribution in [0.1, 0.15) is 105 Å². The number of carboxylic acids is 1. The van der Waals surface area contributed by atoms with E-state index in [1.54, 1.807) is 38.1 Å². The van der Waals surface area contributed by atoms with Gasteiger partial charge in [0.25, 0.3) is 11.8 Å². The van der Waals surface area contributed by atoms with E-state index in [1.807, 2.05) is 0 Å². The van der Waals surface area contributed by atoms with Gasteiger partial charge < -0.3 is 64.0 Å². The molecule has 3 rings (SSSR count). The van der Waals surface area contributed by atoms with Gasteiger partial charge >= 0.3 is 5.97 Å². The van der Waals surface area contributed by atoms with E-state index >= 15 is 0 Å². The average molecular weight is 896 g/mol. The number of carbonyl (C=O) groups excluding carboxylic acids is 7. The fourth-order valence-corrected chi connectivity index (χ4v) is 6.94. The lowest BCUT2D eigenvalue weighted by molar-refractivity contribution is -0.143. The van der Waals surface area contributed by atoms with Gasteiger partial charge in [-0.3, -0.25) is 33.6 Å². The highest BCUT2D eigenvalue weighted by Crippen LogP contribution is 2.14. The topological polar surface area (TPSA) is 334 Å². The number of aliphatic hydroxyl groups excluding tert-OH is 1. The van der Waals surface area contributed by atoms with Gasteiger partial charge in [0, 0.05) is 13.1 Å². The summed E-state index contributed by atoms with van der Waals surface area (Å²) in [5, 5.41) is 48.5. The van der Waals surface area contributed by atoms with Gasteiger partial charge in [0.2, 0.25) is 29.5 Å². The number of unbranched alkanes of at least 4 members (excludes halogenated alkanes) is 1. The summed E-state index contributed by atoms with van der Waals surface area (Å²) in [7, 11) is 0. The van der Waals surface area contributed by atoms with Crippen molar-refractivity contribution in [2.24, 2.45) is 17.4 Å². The molecular formula is C44H65N9O11. The van der Waals surface area contributed by atoms with Crippen LogP contribution in [0.25, 0.3) is 0 Å². The number of aliphatic hydroxyl groups is 1. The first kappa shape index (κ1) is 52.2. The number of aromatic hydroxyl groups is 1. The Bertz CT molecular complexity index is 1910. The molecule has 0 radical (unpaired) electrons. The highest BCUT2D eigenvalue weighted by Gasteiger charge is 2.35. The van der Waals surface area contributed by atoms with Crippen LogP contribution in [0, 0.1) is 5.92 Å². The minimum Gasteiger partial charge on any atom is -0.508 e. The lowest BCUT2D eigenvalue weighted by Crippen LogP contribution is -2.61. The summed E-state index contributed by atoms with van der Waals surface area (Å²) in [5.41, 5.74) is 12.8. The van der Waals surface area contributed by atoms with Crippen LogP contribution in [0.15, 0.2) is 48.5 Å². The highest BCUT2D eigenvalue weighted by molar-refractivity contribution is 6.07. The molecule has 14 N–H and O–H groups in total. The fraction of sp³-hybridized carbons (Fsp3) is 0.545. The van der Waals surface area contributed by atoms with E-state index in [9.17, 15) is 53.7 Å². The molecule has 64 heavy (non-hydrogen) atoms. The van der Waals surface area contributed by atoms with Crippen LogP contribution >= 0.6 is 0 Å². The Morgan fingerprint density at radius 2 is 1.38 bits per heavy atom. The summed E-state index contributed by atoms with van der Waals surface area (Å²) in [6, 6.07) is 4.44. The Kier molecular flexibility index (Phi) is 21.6. The number of benzene rings is 2. The Hall–Kier alpha value is -6.12. The van der Waals surface area contributed by atoms with Crippen LogP contribution in [-0.2, 0) is 35.2 Å². The monoisotopic (exact) mass is 895 g/mol. The molecule has 0 bridgehead atoms. The maximum Gasteiger partial charge on any atom is 0.326 e. The number of nitrogens with one attached hydrogen (secondary N) is 7. The number of phenolic OH excluding ortho intramolecular Hbond substituents is 1. The average Bonchev–Trinajstić information content (AvgIpc) is 3.25. The zero-order valence-electron chi connectivity index (χ0n) is 36.7. The molecule has 0 fully saturated rings. The minimum atomic E-state index is -1.66. The largest absolute Gasteiger partial charge is 0.508 e. The van der Waals surface area contributed by atoms with Crippen LogP contribution in [-0.4, -0.2) is 125 Å². The maximum absolute atomic E-state index is 14.1. The summed E-state index contributed by atoms with van der Waals surface area (Å²) in [5.74, 6) is -6.90. The summed E-state index contributed by atoms with van der Waals surface area (Å²) in [6.07, 6.45) is 0.632. The first-order valence-electron chi connectivity index (χ1n) is 21.7. The molecule has 7 atom stereocenters. The van der Waals surface area contributed by atoms with E-state index in [4.69, 9.17) is 11.5 Å². The molecule has 7 amide bonds. The molecule has 0 aliphatic carbocycles. The third-order valence-electron chi connectivity index (χ3n) is 10.7. The SMILES string of the molecule is CC(C)[C@H](NC(=O)[C@@H]1CCCCNC(=O)c2ccccc2C(=O)NCCCC[C@H](NC(=O)[C@H](CCCCN)NC(=O)[C@@H](N)Cc2ccc(O)cc2)C(=O)N[C@@H]([C@@H](C)O)C(=O)N1)C(=O)O. The second-order valence-corrected chi connectivity index (χ2v) is 16.3. The second-order valence-electron chi connectivity index (χ2n) is 16.3. The van der Waals surface area contributed by atoms with E-state index in [0.717, 1.165) is 0 Å². The molecule has 352 valence electrons. The van der Waals surface area contributed by atoms with Crippen molar-refractivity contribution in [2.75, 3.05) is 19.6 Å². The number of aliphatic carboxylic acids is 1. The summed E-state index contributed by atoms with van der Waals surface area (Å²) in [6.45, 7) is 4.99. The third kappa shape index (κ3) is 16.9. The van der Waals surface area contributed by atoms with E-state index < -0.39 is 95.6 Å². The fourth-order valence-electron chi connectivity index (χ4n) is 6.94. The molecule has 1 aliphatic heterocycles. The van der Waals surface area contributed by atoms with Crippen LogP contribution < -0.4 is 48.7 Å². The number of carbonyl (C=O) groups is 8. The quantitative estimate of drug-likeness (QED) is 0.100. The predicted octanol–water partition coefficient (Wildman–Crippen LogP) is -0.550. The molecule has 0 saturated carbocycles. The van der Waals surface area contributed by atoms with Gasteiger partial charge in [-0.1, -0.05) is 38.1 Å². The number of nitrogens with two attached hydrogens (primary N) is 2. The van der Waals surface area contributed by atoms with Gasteiger partial charge in [0.05, 0.1) is 23.3 Å². The molecule has 20 nitrogen and oxygen atoms in total. The van der Waals surface area contributed by atoms with Crippen molar-refractivity contribution < 1.29 is 53.7 Å². The van der Waals surface area contributed by atoms with Gasteiger partial charge in [-0.05, 0) is 113 Å². The third-order valence-corrected chi connectivity index (χ3v) is 10.7. The van der Waals surface area contributed by atoms with Gasteiger partial charge in [-0.15, -0.1) is 0 Å². The van der Waals surface area contributed by atoms with Crippen molar-refractivity contribution in [1.29, 1.82) is 0 Å². The Morgan fingerprint density at radius 1 is 0.781 bits per heavy atom.